The zero-order chi connectivity index (χ0) is 59.6. The smallest absolute Gasteiger partial charge is 0.0634 e. The Bertz CT molecular complexity index is 6990. The van der Waals surface area contributed by atoms with Crippen LogP contribution in [0.15, 0.2) is 279 Å². The van der Waals surface area contributed by atoms with Crippen LogP contribution in [-0.4, -0.2) is 18.3 Å². The first-order chi connectivity index (χ1) is 45.6. The third kappa shape index (κ3) is 6.63. The molecule has 8 heterocycles. The van der Waals surface area contributed by atoms with Crippen LogP contribution in [0.5, 0.6) is 0 Å². The summed E-state index contributed by atoms with van der Waals surface area (Å²) < 4.78 is 20.5. The molecule has 0 saturated carbocycles. The molecule has 92 heavy (non-hydrogen) atoms. The van der Waals surface area contributed by atoms with E-state index < -0.39 is 0 Å². The van der Waals surface area contributed by atoms with Gasteiger partial charge in [-0.25, -0.2) is 0 Å². The Morgan fingerprint density at radius 1 is 0.196 bits per heavy atom. The van der Waals surface area contributed by atoms with Gasteiger partial charge in [0.2, 0.25) is 0 Å². The van der Waals surface area contributed by atoms with Crippen LogP contribution in [0.1, 0.15) is 0 Å². The van der Waals surface area contributed by atoms with E-state index in [1.165, 1.54) is 179 Å². The van der Waals surface area contributed by atoms with Crippen LogP contribution in [0.4, 0.5) is 0 Å². The summed E-state index contributed by atoms with van der Waals surface area (Å²) in [6, 6.07) is 105. The molecule has 0 bridgehead atoms. The molecular formula is C84H46N4S4. The lowest BCUT2D eigenvalue weighted by Gasteiger charge is -2.13. The second kappa shape index (κ2) is 18.4. The third-order valence-corrected chi connectivity index (χ3v) is 24.7. The Labute approximate surface area is 540 Å². The maximum Gasteiger partial charge on any atom is 0.0634 e. The number of benzene rings is 14. The highest BCUT2D eigenvalue weighted by molar-refractivity contribution is 7.28. The summed E-state index contributed by atoms with van der Waals surface area (Å²) >= 11 is 7.61. The summed E-state index contributed by atoms with van der Waals surface area (Å²) in [5.41, 5.74) is 16.7. The van der Waals surface area contributed by atoms with Crippen molar-refractivity contribution in [1.82, 2.24) is 18.3 Å². The van der Waals surface area contributed by atoms with Crippen LogP contribution in [0.3, 0.4) is 0 Å². The van der Waals surface area contributed by atoms with Crippen LogP contribution in [0, 0.1) is 0 Å². The van der Waals surface area contributed by atoms with E-state index in [-0.39, 0.29) is 0 Å². The number of para-hydroxylation sites is 3. The lowest BCUT2D eigenvalue weighted by molar-refractivity contribution is 1.15. The summed E-state index contributed by atoms with van der Waals surface area (Å²) in [6.45, 7) is 0. The predicted octanol–water partition coefficient (Wildman–Crippen LogP) is 25.2. The average Bonchev–Trinajstić information content (AvgIpc) is 1.58. The maximum absolute atomic E-state index is 2.53. The topological polar surface area (TPSA) is 19.7 Å². The second-order valence-electron chi connectivity index (χ2n) is 24.6. The van der Waals surface area contributed by atoms with Crippen molar-refractivity contribution in [3.8, 4) is 33.9 Å². The fraction of sp³-hybridized carbons (Fsp3) is 0. The van der Waals surface area contributed by atoms with Crippen LogP contribution in [0.25, 0.3) is 202 Å². The molecule has 0 fully saturated rings. The van der Waals surface area contributed by atoms with Crippen LogP contribution >= 0.6 is 45.3 Å². The number of thiophene rings is 4. The fourth-order valence-electron chi connectivity index (χ4n) is 16.1. The first kappa shape index (κ1) is 50.0. The molecule has 0 radical (unpaired) electrons. The van der Waals surface area contributed by atoms with Crippen molar-refractivity contribution in [1.29, 1.82) is 0 Å². The molecule has 14 aromatic carbocycles. The highest BCUT2D eigenvalue weighted by Crippen LogP contribution is 2.50. The highest BCUT2D eigenvalue weighted by Gasteiger charge is 2.25. The summed E-state index contributed by atoms with van der Waals surface area (Å²) in [6.07, 6.45) is 0. The number of hydrogen-bond acceptors (Lipinski definition) is 4. The lowest BCUT2D eigenvalue weighted by Crippen LogP contribution is -1.97. The summed E-state index contributed by atoms with van der Waals surface area (Å²) in [5.74, 6) is 0. The Morgan fingerprint density at radius 2 is 0.587 bits per heavy atom. The van der Waals surface area contributed by atoms with Crippen molar-refractivity contribution < 1.29 is 0 Å². The second-order valence-corrected chi connectivity index (χ2v) is 28.8. The van der Waals surface area contributed by atoms with Gasteiger partial charge in [0.25, 0.3) is 0 Å². The van der Waals surface area contributed by atoms with Crippen molar-refractivity contribution in [3.63, 3.8) is 0 Å². The summed E-state index contributed by atoms with van der Waals surface area (Å²) in [4.78, 5) is 0. The molecule has 0 N–H and O–H groups in total. The molecule has 0 aliphatic heterocycles. The van der Waals surface area contributed by atoms with E-state index >= 15 is 0 Å². The average molecular weight is 1240 g/mol. The molecule has 0 saturated heterocycles. The van der Waals surface area contributed by atoms with Crippen LogP contribution in [0.2, 0.25) is 0 Å². The van der Waals surface area contributed by atoms with Gasteiger partial charge in [0, 0.05) is 147 Å². The lowest BCUT2D eigenvalue weighted by atomic mass is 10.00. The number of rotatable bonds is 5. The molecule has 0 atom stereocenters. The van der Waals surface area contributed by atoms with Gasteiger partial charge in [-0.05, 0) is 126 Å². The fourth-order valence-corrected chi connectivity index (χ4v) is 21.0. The van der Waals surface area contributed by atoms with Gasteiger partial charge in [-0.15, -0.1) is 45.3 Å². The molecule has 4 nitrogen and oxygen atoms in total. The molecule has 0 spiro atoms. The molecule has 0 unspecified atom stereocenters. The van der Waals surface area contributed by atoms with Crippen molar-refractivity contribution in [2.24, 2.45) is 0 Å². The highest BCUT2D eigenvalue weighted by atomic mass is 32.1. The van der Waals surface area contributed by atoms with E-state index in [0.717, 1.165) is 22.7 Å². The van der Waals surface area contributed by atoms with Gasteiger partial charge in [-0.3, -0.25) is 0 Å². The minimum atomic E-state index is 1.13. The molecule has 22 rings (SSSR count). The first-order valence-corrected chi connectivity index (χ1v) is 34.6. The summed E-state index contributed by atoms with van der Waals surface area (Å²) in [7, 11) is 0. The Kier molecular flexibility index (Phi) is 10.0. The van der Waals surface area contributed by atoms with Crippen molar-refractivity contribution in [2.75, 3.05) is 0 Å². The molecule has 0 aliphatic carbocycles. The minimum Gasteiger partial charge on any atom is -0.309 e. The maximum atomic E-state index is 2.53. The first-order valence-electron chi connectivity index (χ1n) is 31.3. The minimum absolute atomic E-state index is 1.13. The molecule has 0 amide bonds. The van der Waals surface area contributed by atoms with Crippen molar-refractivity contribution in [2.45, 2.75) is 0 Å². The van der Waals surface area contributed by atoms with Gasteiger partial charge in [0.1, 0.15) is 0 Å². The third-order valence-electron chi connectivity index (χ3n) is 20.0. The molecule has 0 aliphatic rings. The largest absolute Gasteiger partial charge is 0.309 e. The molecule has 8 aromatic heterocycles. The Balaban J connectivity index is 0.723. The van der Waals surface area contributed by atoms with E-state index in [2.05, 4.69) is 297 Å². The van der Waals surface area contributed by atoms with E-state index in [1.807, 2.05) is 45.3 Å². The quantitative estimate of drug-likeness (QED) is 0.164. The normalized spacial score (nSPS) is 12.6. The molecule has 22 aromatic rings. The van der Waals surface area contributed by atoms with E-state index in [0.29, 0.717) is 0 Å². The monoisotopic (exact) mass is 1240 g/mol. The number of hydrogen-bond donors (Lipinski definition) is 0. The predicted molar refractivity (Wildman–Crippen MR) is 401 cm³/mol. The molecular weight excluding hydrogens is 1190 g/mol. The number of aromatic nitrogens is 4. The standard InChI is InChI=1S/C84H46N4S4/c1-7-22-65-53(14-1)57-40-44-74-78(63-19-6-12-27-73(63)89-74)80(57)87(65)50-33-35-51(36-34-50)88-66-23-8-2-15-54(66)58-41-45-75-79(81(58)88)64-21-13-20-52(82(64)92-75)47-28-37-62-70(46-47)86(69-43-39-60-56-17-5-11-26-72(56)91-84(60)77(62)69)49-31-29-48(30-32-49)85-67-24-9-3-18-61(67)76-68(85)42-38-59-55-16-4-10-25-71(55)90-83(59)76/h1-46H. The zero-order valence-corrected chi connectivity index (χ0v) is 52.2. The number of fused-ring (bicyclic) bond motifs is 28. The van der Waals surface area contributed by atoms with Crippen molar-refractivity contribution in [3.05, 3.63) is 279 Å². The van der Waals surface area contributed by atoms with Crippen molar-refractivity contribution >= 4 is 213 Å². The van der Waals surface area contributed by atoms with Gasteiger partial charge in [-0.1, -0.05) is 164 Å². The Hall–Kier alpha value is -10.8. The van der Waals surface area contributed by atoms with E-state index in [1.54, 1.807) is 0 Å². The van der Waals surface area contributed by atoms with Crippen LogP contribution < -0.4 is 0 Å². The SMILES string of the molecule is c1ccc2c(c1)sc1c2ccc2c1c1ccccc1n2-c1ccc(-n2c3cc(-c4cccc5c4sc4ccc6c7ccccc7n(-c7ccc(-n8c9ccccc9c9ccc%10sc%11ccccc%11c%10c98)cc7)c6c45)ccc3c3c4sc5ccccc5c4ccc32)cc1. The molecule has 426 valence electrons. The van der Waals surface area contributed by atoms with E-state index in [9.17, 15) is 0 Å². The van der Waals surface area contributed by atoms with Gasteiger partial charge in [-0.2, -0.15) is 0 Å². The molecule has 8 heteroatoms. The Morgan fingerprint density at radius 3 is 1.15 bits per heavy atom. The summed E-state index contributed by atoms with van der Waals surface area (Å²) in [5, 5.41) is 20.7. The zero-order valence-electron chi connectivity index (χ0n) is 49.0. The number of nitrogens with zero attached hydrogens (tertiary/aromatic N) is 4. The van der Waals surface area contributed by atoms with Gasteiger partial charge < -0.3 is 18.3 Å². The van der Waals surface area contributed by atoms with Gasteiger partial charge in [0.15, 0.2) is 0 Å². The van der Waals surface area contributed by atoms with E-state index in [4.69, 9.17) is 0 Å². The van der Waals surface area contributed by atoms with Gasteiger partial charge >= 0.3 is 0 Å². The van der Waals surface area contributed by atoms with Gasteiger partial charge in [0.05, 0.1) is 44.1 Å². The van der Waals surface area contributed by atoms with Crippen LogP contribution in [-0.2, 0) is 0 Å².